The van der Waals surface area contributed by atoms with Gasteiger partial charge in [0.1, 0.15) is 0 Å². The molecule has 0 unspecified atom stereocenters. The van der Waals surface area contributed by atoms with Crippen LogP contribution in [-0.2, 0) is 14.8 Å². The Hall–Kier alpha value is -2.34. The molecule has 1 aromatic carbocycles. The highest BCUT2D eigenvalue weighted by atomic mass is 32.2. The molecule has 1 aromatic heterocycles. The van der Waals surface area contributed by atoms with E-state index in [1.807, 2.05) is 6.07 Å². The van der Waals surface area contributed by atoms with Crippen LogP contribution in [0.15, 0.2) is 24.4 Å². The standard InChI is InChI=1S/C21H29N5O5S/c1-2-32(29,30)26-15-8-6-14(7-9-15)23-21-22-10-13-4-3-5-16(19(13)25-21)20(28)24-17-11-31-12-18(17)27/h3-5,10,14-15,17-18,26-27H,2,6-9,11-12H2,1H3,(H,24,28)(H,22,23,25)/t14-,15-,17-,18-/m0/s1. The number of rotatable bonds is 7. The van der Waals surface area contributed by atoms with Crippen LogP contribution in [0.4, 0.5) is 5.95 Å². The van der Waals surface area contributed by atoms with Gasteiger partial charge in [-0.3, -0.25) is 4.79 Å². The van der Waals surface area contributed by atoms with Gasteiger partial charge in [0.05, 0.1) is 42.2 Å². The van der Waals surface area contributed by atoms with Gasteiger partial charge in [-0.25, -0.2) is 23.1 Å². The molecule has 1 saturated carbocycles. The normalized spacial score (nSPS) is 26.2. The quantitative estimate of drug-likeness (QED) is 0.472. The first-order chi connectivity index (χ1) is 15.3. The lowest BCUT2D eigenvalue weighted by Gasteiger charge is -2.29. The Morgan fingerprint density at radius 3 is 2.62 bits per heavy atom. The van der Waals surface area contributed by atoms with Crippen molar-refractivity contribution in [1.29, 1.82) is 0 Å². The van der Waals surface area contributed by atoms with E-state index in [0.29, 0.717) is 17.0 Å². The number of carbonyl (C=O) groups is 1. The molecule has 2 aliphatic rings. The fourth-order valence-corrected chi connectivity index (χ4v) is 5.02. The Balaban J connectivity index is 1.43. The van der Waals surface area contributed by atoms with E-state index in [2.05, 4.69) is 25.3 Å². The van der Waals surface area contributed by atoms with E-state index < -0.39 is 22.2 Å². The molecule has 1 aliphatic heterocycles. The fraction of sp³-hybridized carbons (Fsp3) is 0.571. The number of nitrogens with one attached hydrogen (secondary N) is 3. The zero-order valence-electron chi connectivity index (χ0n) is 18.0. The summed E-state index contributed by atoms with van der Waals surface area (Å²) in [5, 5.41) is 16.8. The van der Waals surface area contributed by atoms with Gasteiger partial charge >= 0.3 is 0 Å². The molecule has 0 spiro atoms. The Kier molecular flexibility index (Phi) is 6.89. The van der Waals surface area contributed by atoms with Crippen LogP contribution < -0.4 is 15.4 Å². The number of aliphatic hydroxyl groups is 1. The lowest BCUT2D eigenvalue weighted by atomic mass is 9.92. The Morgan fingerprint density at radius 2 is 1.94 bits per heavy atom. The van der Waals surface area contributed by atoms with Crippen LogP contribution in [0.5, 0.6) is 0 Å². The first-order valence-electron chi connectivity index (χ1n) is 10.9. The largest absolute Gasteiger partial charge is 0.388 e. The number of ether oxygens (including phenoxy) is 1. The number of aromatic nitrogens is 2. The summed E-state index contributed by atoms with van der Waals surface area (Å²) >= 11 is 0. The molecule has 2 heterocycles. The third-order valence-corrected chi connectivity index (χ3v) is 7.46. The highest BCUT2D eigenvalue weighted by molar-refractivity contribution is 7.89. The topological polar surface area (TPSA) is 143 Å². The molecule has 2 atom stereocenters. The summed E-state index contributed by atoms with van der Waals surface area (Å²) < 4.78 is 31.5. The summed E-state index contributed by atoms with van der Waals surface area (Å²) in [6, 6.07) is 4.95. The van der Waals surface area contributed by atoms with Crippen molar-refractivity contribution in [3.63, 3.8) is 0 Å². The second-order valence-electron chi connectivity index (χ2n) is 8.34. The van der Waals surface area contributed by atoms with Crippen LogP contribution in [0, 0.1) is 0 Å². The van der Waals surface area contributed by atoms with Crippen molar-refractivity contribution in [2.24, 2.45) is 0 Å². The van der Waals surface area contributed by atoms with Crippen LogP contribution in [0.25, 0.3) is 10.9 Å². The predicted molar refractivity (Wildman–Crippen MR) is 120 cm³/mol. The van der Waals surface area contributed by atoms with Crippen molar-refractivity contribution in [3.8, 4) is 0 Å². The first kappa shape index (κ1) is 22.8. The smallest absolute Gasteiger partial charge is 0.253 e. The van der Waals surface area contributed by atoms with Gasteiger partial charge in [0.15, 0.2) is 0 Å². The lowest BCUT2D eigenvalue weighted by molar-refractivity contribution is 0.0888. The van der Waals surface area contributed by atoms with Crippen molar-refractivity contribution in [2.45, 2.75) is 56.8 Å². The molecule has 4 rings (SSSR count). The van der Waals surface area contributed by atoms with Crippen LogP contribution >= 0.6 is 0 Å². The Bertz CT molecular complexity index is 1070. The van der Waals surface area contributed by atoms with Crippen LogP contribution in [-0.4, -0.2) is 72.6 Å². The number of carbonyl (C=O) groups excluding carboxylic acids is 1. The number of hydrogen-bond donors (Lipinski definition) is 4. The van der Waals surface area contributed by atoms with E-state index in [0.717, 1.165) is 31.1 Å². The first-order valence-corrected chi connectivity index (χ1v) is 12.6. The molecule has 10 nitrogen and oxygen atoms in total. The van der Waals surface area contributed by atoms with Gasteiger partial charge in [-0.05, 0) is 38.7 Å². The second-order valence-corrected chi connectivity index (χ2v) is 10.4. The molecule has 11 heteroatoms. The summed E-state index contributed by atoms with van der Waals surface area (Å²) in [5.74, 6) is 0.191. The number of hydrogen-bond acceptors (Lipinski definition) is 8. The van der Waals surface area contributed by atoms with E-state index in [-0.39, 0.29) is 37.0 Å². The summed E-state index contributed by atoms with van der Waals surface area (Å²) in [7, 11) is -3.20. The van der Waals surface area contributed by atoms with Crippen molar-refractivity contribution in [2.75, 3.05) is 24.3 Å². The van der Waals surface area contributed by atoms with Crippen LogP contribution in [0.1, 0.15) is 43.0 Å². The minimum absolute atomic E-state index is 0.0410. The average molecular weight is 464 g/mol. The van der Waals surface area contributed by atoms with E-state index in [1.165, 1.54) is 0 Å². The van der Waals surface area contributed by atoms with Crippen LogP contribution in [0.2, 0.25) is 0 Å². The summed E-state index contributed by atoms with van der Waals surface area (Å²) in [6.07, 6.45) is 4.02. The van der Waals surface area contributed by atoms with Gasteiger partial charge in [-0.15, -0.1) is 0 Å². The molecule has 1 saturated heterocycles. The number of fused-ring (bicyclic) bond motifs is 1. The molecule has 2 aromatic rings. The average Bonchev–Trinajstić information content (AvgIpc) is 3.18. The van der Waals surface area contributed by atoms with Crippen molar-refractivity contribution < 1.29 is 23.1 Å². The van der Waals surface area contributed by atoms with Gasteiger partial charge in [-0.1, -0.05) is 12.1 Å². The van der Waals surface area contributed by atoms with E-state index in [1.54, 1.807) is 25.3 Å². The Morgan fingerprint density at radius 1 is 1.19 bits per heavy atom. The number of para-hydroxylation sites is 1. The maximum atomic E-state index is 12.8. The summed E-state index contributed by atoms with van der Waals surface area (Å²) in [6.45, 7) is 2.11. The molecular weight excluding hydrogens is 434 g/mol. The maximum absolute atomic E-state index is 12.8. The van der Waals surface area contributed by atoms with Crippen molar-refractivity contribution in [1.82, 2.24) is 20.0 Å². The molecule has 4 N–H and O–H groups in total. The molecule has 2 fully saturated rings. The van der Waals surface area contributed by atoms with Crippen molar-refractivity contribution in [3.05, 3.63) is 30.0 Å². The lowest BCUT2D eigenvalue weighted by Crippen LogP contribution is -2.42. The van der Waals surface area contributed by atoms with Gasteiger partial charge in [0, 0.05) is 23.7 Å². The number of amides is 1. The highest BCUT2D eigenvalue weighted by Gasteiger charge is 2.29. The molecule has 1 aliphatic carbocycles. The van der Waals surface area contributed by atoms with E-state index in [4.69, 9.17) is 4.74 Å². The number of anilines is 1. The van der Waals surface area contributed by atoms with Gasteiger partial charge in [-0.2, -0.15) is 0 Å². The molecule has 0 radical (unpaired) electrons. The molecule has 1 amide bonds. The molecule has 0 bridgehead atoms. The summed E-state index contributed by atoms with van der Waals surface area (Å²) in [4.78, 5) is 21.8. The molecule has 32 heavy (non-hydrogen) atoms. The third kappa shape index (κ3) is 5.34. The minimum atomic E-state index is -3.20. The minimum Gasteiger partial charge on any atom is -0.388 e. The zero-order valence-corrected chi connectivity index (χ0v) is 18.8. The maximum Gasteiger partial charge on any atom is 0.253 e. The number of sulfonamides is 1. The SMILES string of the molecule is CCS(=O)(=O)N[C@H]1CC[C@H](Nc2ncc3cccc(C(=O)N[C@H]4COC[C@@H]4O)c3n2)CC1. The molecular formula is C21H29N5O5S. The predicted octanol–water partition coefficient (Wildman–Crippen LogP) is 0.782. The van der Waals surface area contributed by atoms with Crippen molar-refractivity contribution >= 4 is 32.8 Å². The van der Waals surface area contributed by atoms with E-state index >= 15 is 0 Å². The zero-order chi connectivity index (χ0) is 22.7. The highest BCUT2D eigenvalue weighted by Crippen LogP contribution is 2.23. The van der Waals surface area contributed by atoms with Crippen LogP contribution in [0.3, 0.4) is 0 Å². The number of aliphatic hydroxyl groups excluding tert-OH is 1. The number of benzene rings is 1. The van der Waals surface area contributed by atoms with Gasteiger partial charge in [0.2, 0.25) is 16.0 Å². The third-order valence-electron chi connectivity index (χ3n) is 6.01. The van der Waals surface area contributed by atoms with Gasteiger partial charge in [0.25, 0.3) is 5.91 Å². The second kappa shape index (κ2) is 9.65. The monoisotopic (exact) mass is 463 g/mol. The summed E-state index contributed by atoms with van der Waals surface area (Å²) in [5.41, 5.74) is 0.935. The molecule has 174 valence electrons. The fourth-order valence-electron chi connectivity index (χ4n) is 4.11. The van der Waals surface area contributed by atoms with Gasteiger partial charge < -0.3 is 20.5 Å². The number of nitrogens with zero attached hydrogens (tertiary/aromatic N) is 2. The Labute approximate surface area is 187 Å². The van der Waals surface area contributed by atoms with E-state index in [9.17, 15) is 18.3 Å².